The molecule has 0 amide bonds. The van der Waals surface area contributed by atoms with Crippen LogP contribution in [0.25, 0.3) is 0 Å². The van der Waals surface area contributed by atoms with Crippen LogP contribution in [-0.2, 0) is 11.8 Å². The summed E-state index contributed by atoms with van der Waals surface area (Å²) >= 11 is 0. The Labute approximate surface area is 129 Å². The number of nitrogens with two attached hydrogens (primary N) is 1. The maximum absolute atomic E-state index is 9.84. The van der Waals surface area contributed by atoms with Crippen LogP contribution in [0.2, 0.25) is 0 Å². The molecule has 0 aliphatic carbocycles. The van der Waals surface area contributed by atoms with Crippen LogP contribution < -0.4 is 10.5 Å². The van der Waals surface area contributed by atoms with Crippen LogP contribution in [0.15, 0.2) is 18.2 Å². The zero-order chi connectivity index (χ0) is 16.0. The van der Waals surface area contributed by atoms with E-state index >= 15 is 0 Å². The van der Waals surface area contributed by atoms with Crippen LogP contribution in [-0.4, -0.2) is 23.9 Å². The summed E-state index contributed by atoms with van der Waals surface area (Å²) in [5.41, 5.74) is 8.20. The Balaban J connectivity index is 2.89. The Bertz CT molecular complexity index is 435. The topological polar surface area (TPSA) is 55.5 Å². The minimum Gasteiger partial charge on any atom is -0.493 e. The van der Waals surface area contributed by atoms with Crippen molar-refractivity contribution in [2.45, 2.75) is 71.4 Å². The lowest BCUT2D eigenvalue weighted by molar-refractivity contribution is 0.141. The molecule has 0 heterocycles. The molecular formula is C18H31NO2. The minimum atomic E-state index is -0.445. The van der Waals surface area contributed by atoms with Gasteiger partial charge in [0.2, 0.25) is 0 Å². The van der Waals surface area contributed by atoms with Gasteiger partial charge in [0.1, 0.15) is 5.75 Å². The highest BCUT2D eigenvalue weighted by Crippen LogP contribution is 2.32. The molecule has 0 aliphatic heterocycles. The Kier molecular flexibility index (Phi) is 6.69. The normalized spacial score (nSPS) is 14.8. The summed E-state index contributed by atoms with van der Waals surface area (Å²) in [4.78, 5) is 0. The van der Waals surface area contributed by atoms with Gasteiger partial charge in [-0.25, -0.2) is 0 Å². The Morgan fingerprint density at radius 3 is 2.48 bits per heavy atom. The third-order valence-electron chi connectivity index (χ3n) is 3.65. The maximum Gasteiger partial charge on any atom is 0.123 e. The highest BCUT2D eigenvalue weighted by Gasteiger charge is 2.20. The molecule has 1 aromatic carbocycles. The van der Waals surface area contributed by atoms with E-state index in [2.05, 4.69) is 45.9 Å². The zero-order valence-electron chi connectivity index (χ0n) is 14.1. The molecule has 120 valence electrons. The van der Waals surface area contributed by atoms with Crippen LogP contribution in [0.3, 0.4) is 0 Å². The standard InChI is InChI=1S/C18H31NO2/c1-6-11-21-17-10-8-14(7-9-16(20)13(2)19)12-15(17)18(3,4)5/h8,10,12-13,16,20H,6-7,9,11,19H2,1-5H3. The van der Waals surface area contributed by atoms with Gasteiger partial charge in [0.15, 0.2) is 0 Å². The second-order valence-electron chi connectivity index (χ2n) is 6.89. The summed E-state index contributed by atoms with van der Waals surface area (Å²) in [6, 6.07) is 6.18. The molecule has 1 aromatic rings. The van der Waals surface area contributed by atoms with Crippen molar-refractivity contribution >= 4 is 0 Å². The zero-order valence-corrected chi connectivity index (χ0v) is 14.1. The third kappa shape index (κ3) is 5.68. The first kappa shape index (κ1) is 18.0. The first-order valence-electron chi connectivity index (χ1n) is 7.95. The second kappa shape index (κ2) is 7.81. The van der Waals surface area contributed by atoms with Gasteiger partial charge in [-0.2, -0.15) is 0 Å². The molecule has 0 saturated heterocycles. The van der Waals surface area contributed by atoms with Gasteiger partial charge in [-0.3, -0.25) is 0 Å². The van der Waals surface area contributed by atoms with E-state index in [1.165, 1.54) is 11.1 Å². The van der Waals surface area contributed by atoms with Crippen molar-refractivity contribution in [2.75, 3.05) is 6.61 Å². The van der Waals surface area contributed by atoms with Crippen LogP contribution in [0.1, 0.15) is 58.6 Å². The van der Waals surface area contributed by atoms with Crippen molar-refractivity contribution in [3.63, 3.8) is 0 Å². The molecule has 3 N–H and O–H groups in total. The molecule has 3 heteroatoms. The van der Waals surface area contributed by atoms with Gasteiger partial charge in [0.05, 0.1) is 12.7 Å². The molecule has 2 atom stereocenters. The molecule has 3 nitrogen and oxygen atoms in total. The van der Waals surface area contributed by atoms with Gasteiger partial charge in [0, 0.05) is 6.04 Å². The summed E-state index contributed by atoms with van der Waals surface area (Å²) < 4.78 is 5.86. The van der Waals surface area contributed by atoms with Crippen LogP contribution >= 0.6 is 0 Å². The van der Waals surface area contributed by atoms with Crippen molar-refractivity contribution in [1.82, 2.24) is 0 Å². The molecule has 1 rings (SSSR count). The molecule has 0 saturated carbocycles. The highest BCUT2D eigenvalue weighted by molar-refractivity contribution is 5.41. The van der Waals surface area contributed by atoms with E-state index in [0.717, 1.165) is 25.2 Å². The fraction of sp³-hybridized carbons (Fsp3) is 0.667. The van der Waals surface area contributed by atoms with E-state index < -0.39 is 6.10 Å². The summed E-state index contributed by atoms with van der Waals surface area (Å²) in [7, 11) is 0. The first-order chi connectivity index (χ1) is 9.75. The number of aryl methyl sites for hydroxylation is 1. The Morgan fingerprint density at radius 2 is 1.95 bits per heavy atom. The molecule has 0 aliphatic rings. The first-order valence-corrected chi connectivity index (χ1v) is 7.95. The molecule has 0 aromatic heterocycles. The number of aliphatic hydroxyl groups is 1. The SMILES string of the molecule is CCCOc1ccc(CCC(O)C(C)N)cc1C(C)(C)C. The van der Waals surface area contributed by atoms with Gasteiger partial charge in [-0.1, -0.05) is 39.8 Å². The molecule has 21 heavy (non-hydrogen) atoms. The van der Waals surface area contributed by atoms with Crippen LogP contribution in [0, 0.1) is 0 Å². The van der Waals surface area contributed by atoms with E-state index in [4.69, 9.17) is 10.5 Å². The quantitative estimate of drug-likeness (QED) is 0.810. The lowest BCUT2D eigenvalue weighted by Gasteiger charge is -2.24. The summed E-state index contributed by atoms with van der Waals surface area (Å²) in [5.74, 6) is 0.973. The molecule has 0 bridgehead atoms. The molecule has 0 spiro atoms. The average molecular weight is 293 g/mol. The van der Waals surface area contributed by atoms with Crippen molar-refractivity contribution in [1.29, 1.82) is 0 Å². The average Bonchev–Trinajstić information content (AvgIpc) is 2.41. The van der Waals surface area contributed by atoms with E-state index in [-0.39, 0.29) is 11.5 Å². The predicted octanol–water partition coefficient (Wildman–Crippen LogP) is 3.41. The summed E-state index contributed by atoms with van der Waals surface area (Å²) in [6.07, 6.45) is 2.08. The van der Waals surface area contributed by atoms with Gasteiger partial charge in [0.25, 0.3) is 0 Å². The monoisotopic (exact) mass is 293 g/mol. The number of benzene rings is 1. The van der Waals surface area contributed by atoms with Gasteiger partial charge in [-0.15, -0.1) is 0 Å². The molecule has 2 unspecified atom stereocenters. The number of aliphatic hydroxyl groups excluding tert-OH is 1. The number of hydrogen-bond donors (Lipinski definition) is 2. The number of ether oxygens (including phenoxy) is 1. The van der Waals surface area contributed by atoms with Gasteiger partial charge < -0.3 is 15.6 Å². The third-order valence-corrected chi connectivity index (χ3v) is 3.65. The van der Waals surface area contributed by atoms with Crippen LogP contribution in [0.5, 0.6) is 5.75 Å². The second-order valence-corrected chi connectivity index (χ2v) is 6.89. The lowest BCUT2D eigenvalue weighted by Crippen LogP contribution is -2.31. The fourth-order valence-electron chi connectivity index (χ4n) is 2.23. The van der Waals surface area contributed by atoms with Gasteiger partial charge >= 0.3 is 0 Å². The van der Waals surface area contributed by atoms with Crippen molar-refractivity contribution < 1.29 is 9.84 Å². The van der Waals surface area contributed by atoms with Crippen LogP contribution in [0.4, 0.5) is 0 Å². The Hall–Kier alpha value is -1.06. The minimum absolute atomic E-state index is 0.0405. The molecule has 0 fully saturated rings. The van der Waals surface area contributed by atoms with E-state index in [9.17, 15) is 5.11 Å². The molecule has 0 radical (unpaired) electrons. The van der Waals surface area contributed by atoms with Crippen molar-refractivity contribution in [3.8, 4) is 5.75 Å². The summed E-state index contributed by atoms with van der Waals surface area (Å²) in [6.45, 7) is 11.3. The Morgan fingerprint density at radius 1 is 1.29 bits per heavy atom. The van der Waals surface area contributed by atoms with E-state index in [1.807, 2.05) is 6.92 Å². The van der Waals surface area contributed by atoms with Gasteiger partial charge in [-0.05, 0) is 48.8 Å². The van der Waals surface area contributed by atoms with Crippen molar-refractivity contribution in [3.05, 3.63) is 29.3 Å². The molecular weight excluding hydrogens is 262 g/mol. The summed E-state index contributed by atoms with van der Waals surface area (Å²) in [5, 5.41) is 9.84. The van der Waals surface area contributed by atoms with E-state index in [0.29, 0.717) is 6.42 Å². The fourth-order valence-corrected chi connectivity index (χ4v) is 2.23. The predicted molar refractivity (Wildman–Crippen MR) is 88.9 cm³/mol. The largest absolute Gasteiger partial charge is 0.493 e. The number of hydrogen-bond acceptors (Lipinski definition) is 3. The smallest absolute Gasteiger partial charge is 0.123 e. The number of rotatable bonds is 7. The lowest BCUT2D eigenvalue weighted by atomic mass is 9.84. The highest BCUT2D eigenvalue weighted by atomic mass is 16.5. The maximum atomic E-state index is 9.84. The van der Waals surface area contributed by atoms with E-state index in [1.54, 1.807) is 0 Å². The van der Waals surface area contributed by atoms with Crippen molar-refractivity contribution in [2.24, 2.45) is 5.73 Å².